The van der Waals surface area contributed by atoms with Crippen molar-refractivity contribution in [1.82, 2.24) is 10.3 Å². The molecule has 0 spiro atoms. The van der Waals surface area contributed by atoms with Gasteiger partial charge in [-0.3, -0.25) is 0 Å². The van der Waals surface area contributed by atoms with Gasteiger partial charge in [0.2, 0.25) is 0 Å². The summed E-state index contributed by atoms with van der Waals surface area (Å²) in [5, 5.41) is 6.84. The Labute approximate surface area is 131 Å². The lowest BCUT2D eigenvalue weighted by atomic mass is 9.99. The van der Waals surface area contributed by atoms with E-state index in [0.717, 1.165) is 18.7 Å². The Balaban J connectivity index is 2.19. The summed E-state index contributed by atoms with van der Waals surface area (Å²) in [5.41, 5.74) is 2.32. The standard InChI is InChI=1S/C17H24N2OS/c1-4-18-15(11-16-19-13(3)12-21-16)17(20-5-2)14-9-7-6-8-10-14/h6-10,12,15,17-18H,4-5,11H2,1-3H3. The van der Waals surface area contributed by atoms with Crippen LogP contribution in [0.1, 0.15) is 36.2 Å². The van der Waals surface area contributed by atoms with E-state index in [1.165, 1.54) is 10.6 Å². The minimum atomic E-state index is 0.0559. The van der Waals surface area contributed by atoms with Crippen molar-refractivity contribution in [2.24, 2.45) is 0 Å². The average molecular weight is 304 g/mol. The molecule has 1 aromatic heterocycles. The van der Waals surface area contributed by atoms with Gasteiger partial charge in [-0.15, -0.1) is 11.3 Å². The molecule has 0 fully saturated rings. The second-order valence-electron chi connectivity index (χ2n) is 5.04. The fraction of sp³-hybridized carbons (Fsp3) is 0.471. The Kier molecular flexibility index (Phi) is 6.36. The van der Waals surface area contributed by atoms with E-state index in [1.54, 1.807) is 11.3 Å². The van der Waals surface area contributed by atoms with Crippen molar-refractivity contribution in [2.45, 2.75) is 39.3 Å². The number of benzene rings is 1. The number of aryl methyl sites for hydroxylation is 1. The molecule has 0 amide bonds. The molecule has 1 aromatic carbocycles. The topological polar surface area (TPSA) is 34.2 Å². The summed E-state index contributed by atoms with van der Waals surface area (Å²) in [4.78, 5) is 4.59. The molecule has 3 nitrogen and oxygen atoms in total. The van der Waals surface area contributed by atoms with Gasteiger partial charge in [0.15, 0.2) is 0 Å². The number of ether oxygens (including phenoxy) is 1. The van der Waals surface area contributed by atoms with Crippen LogP contribution in [0, 0.1) is 6.92 Å². The van der Waals surface area contributed by atoms with Crippen LogP contribution < -0.4 is 5.32 Å². The maximum absolute atomic E-state index is 6.04. The lowest BCUT2D eigenvalue weighted by molar-refractivity contribution is 0.0336. The van der Waals surface area contributed by atoms with Crippen LogP contribution in [0.2, 0.25) is 0 Å². The van der Waals surface area contributed by atoms with Gasteiger partial charge in [0, 0.05) is 30.1 Å². The summed E-state index contributed by atoms with van der Waals surface area (Å²) in [6.45, 7) is 7.85. The predicted octanol–water partition coefficient (Wildman–Crippen LogP) is 3.75. The van der Waals surface area contributed by atoms with E-state index in [0.29, 0.717) is 6.61 Å². The van der Waals surface area contributed by atoms with Gasteiger partial charge in [-0.25, -0.2) is 4.98 Å². The first-order valence-electron chi connectivity index (χ1n) is 7.55. The van der Waals surface area contributed by atoms with Crippen molar-refractivity contribution < 1.29 is 4.74 Å². The number of likely N-dealkylation sites (N-methyl/N-ethyl adjacent to an activating group) is 1. The molecule has 0 radical (unpaired) electrons. The number of nitrogens with one attached hydrogen (secondary N) is 1. The lowest BCUT2D eigenvalue weighted by Crippen LogP contribution is -2.38. The molecule has 2 atom stereocenters. The molecule has 0 aliphatic rings. The van der Waals surface area contributed by atoms with Gasteiger partial charge in [0.25, 0.3) is 0 Å². The van der Waals surface area contributed by atoms with Crippen LogP contribution in [0.5, 0.6) is 0 Å². The van der Waals surface area contributed by atoms with Crippen LogP contribution >= 0.6 is 11.3 Å². The van der Waals surface area contributed by atoms with Gasteiger partial charge in [-0.1, -0.05) is 37.3 Å². The Morgan fingerprint density at radius 2 is 2.00 bits per heavy atom. The summed E-state index contributed by atoms with van der Waals surface area (Å²) in [6, 6.07) is 10.7. The number of hydrogen-bond acceptors (Lipinski definition) is 4. The second-order valence-corrected chi connectivity index (χ2v) is 5.98. The first-order chi connectivity index (χ1) is 10.2. The van der Waals surface area contributed by atoms with Crippen molar-refractivity contribution in [2.75, 3.05) is 13.2 Å². The van der Waals surface area contributed by atoms with Crippen molar-refractivity contribution in [1.29, 1.82) is 0 Å². The third-order valence-electron chi connectivity index (χ3n) is 3.37. The minimum Gasteiger partial charge on any atom is -0.372 e. The molecular formula is C17H24N2OS. The zero-order chi connectivity index (χ0) is 15.1. The molecule has 21 heavy (non-hydrogen) atoms. The van der Waals surface area contributed by atoms with Crippen molar-refractivity contribution in [3.05, 3.63) is 52.0 Å². The van der Waals surface area contributed by atoms with Gasteiger partial charge in [-0.2, -0.15) is 0 Å². The highest BCUT2D eigenvalue weighted by molar-refractivity contribution is 7.09. The van der Waals surface area contributed by atoms with Crippen LogP contribution in [0.25, 0.3) is 0 Å². The number of nitrogens with zero attached hydrogens (tertiary/aromatic N) is 1. The molecule has 1 heterocycles. The third-order valence-corrected chi connectivity index (χ3v) is 4.36. The largest absolute Gasteiger partial charge is 0.372 e. The normalized spacial score (nSPS) is 14.0. The summed E-state index contributed by atoms with van der Waals surface area (Å²) in [5.74, 6) is 0. The van der Waals surface area contributed by atoms with E-state index in [2.05, 4.69) is 46.9 Å². The zero-order valence-corrected chi connectivity index (χ0v) is 13.8. The third kappa shape index (κ3) is 4.63. The highest BCUT2D eigenvalue weighted by atomic mass is 32.1. The van der Waals surface area contributed by atoms with Crippen LogP contribution in [-0.2, 0) is 11.2 Å². The predicted molar refractivity (Wildman–Crippen MR) is 88.8 cm³/mol. The fourth-order valence-electron chi connectivity index (χ4n) is 2.50. The number of aromatic nitrogens is 1. The number of thiazole rings is 1. The van der Waals surface area contributed by atoms with Crippen molar-refractivity contribution >= 4 is 11.3 Å². The van der Waals surface area contributed by atoms with E-state index < -0.39 is 0 Å². The van der Waals surface area contributed by atoms with Gasteiger partial charge >= 0.3 is 0 Å². The second kappa shape index (κ2) is 8.27. The molecule has 0 saturated carbocycles. The lowest BCUT2D eigenvalue weighted by Gasteiger charge is -2.27. The highest BCUT2D eigenvalue weighted by Gasteiger charge is 2.24. The van der Waals surface area contributed by atoms with Crippen LogP contribution in [-0.4, -0.2) is 24.2 Å². The molecular weight excluding hydrogens is 280 g/mol. The molecule has 2 rings (SSSR count). The van der Waals surface area contributed by atoms with E-state index in [-0.39, 0.29) is 12.1 Å². The first kappa shape index (κ1) is 16.1. The average Bonchev–Trinajstić information content (AvgIpc) is 2.90. The summed E-state index contributed by atoms with van der Waals surface area (Å²) in [7, 11) is 0. The number of rotatable bonds is 8. The molecule has 0 aliphatic heterocycles. The Hall–Kier alpha value is -1.23. The Morgan fingerprint density at radius 3 is 2.57 bits per heavy atom. The molecule has 0 bridgehead atoms. The molecule has 1 N–H and O–H groups in total. The van der Waals surface area contributed by atoms with E-state index in [9.17, 15) is 0 Å². The van der Waals surface area contributed by atoms with E-state index >= 15 is 0 Å². The maximum Gasteiger partial charge on any atom is 0.0981 e. The number of hydrogen-bond donors (Lipinski definition) is 1. The van der Waals surface area contributed by atoms with Gasteiger partial charge in [0.1, 0.15) is 0 Å². The molecule has 2 aromatic rings. The minimum absolute atomic E-state index is 0.0559. The highest BCUT2D eigenvalue weighted by Crippen LogP contribution is 2.25. The molecule has 0 saturated heterocycles. The van der Waals surface area contributed by atoms with Gasteiger partial charge in [-0.05, 0) is 26.0 Å². The molecule has 114 valence electrons. The van der Waals surface area contributed by atoms with Gasteiger partial charge in [0.05, 0.1) is 11.1 Å². The summed E-state index contributed by atoms with van der Waals surface area (Å²) >= 11 is 1.73. The smallest absolute Gasteiger partial charge is 0.0981 e. The first-order valence-corrected chi connectivity index (χ1v) is 8.43. The molecule has 0 aliphatic carbocycles. The quantitative estimate of drug-likeness (QED) is 0.806. The van der Waals surface area contributed by atoms with Crippen LogP contribution in [0.4, 0.5) is 0 Å². The monoisotopic (exact) mass is 304 g/mol. The van der Waals surface area contributed by atoms with Crippen LogP contribution in [0.15, 0.2) is 35.7 Å². The van der Waals surface area contributed by atoms with E-state index in [1.807, 2.05) is 19.9 Å². The molecule has 2 unspecified atom stereocenters. The fourth-order valence-corrected chi connectivity index (χ4v) is 3.33. The van der Waals surface area contributed by atoms with E-state index in [4.69, 9.17) is 4.74 Å². The summed E-state index contributed by atoms with van der Waals surface area (Å²) in [6.07, 6.45) is 0.951. The van der Waals surface area contributed by atoms with Crippen molar-refractivity contribution in [3.8, 4) is 0 Å². The Bertz CT molecular complexity index is 527. The van der Waals surface area contributed by atoms with Gasteiger partial charge < -0.3 is 10.1 Å². The summed E-state index contributed by atoms with van der Waals surface area (Å²) < 4.78 is 6.04. The van der Waals surface area contributed by atoms with Crippen molar-refractivity contribution in [3.63, 3.8) is 0 Å². The Morgan fingerprint density at radius 1 is 1.24 bits per heavy atom. The zero-order valence-electron chi connectivity index (χ0n) is 13.0. The van der Waals surface area contributed by atoms with Crippen LogP contribution in [0.3, 0.4) is 0 Å². The maximum atomic E-state index is 6.04. The molecule has 4 heteroatoms. The SMILES string of the molecule is CCNC(Cc1nc(C)cs1)C(OCC)c1ccccc1.